The van der Waals surface area contributed by atoms with Crippen LogP contribution in [0.1, 0.15) is 39.5 Å². The van der Waals surface area contributed by atoms with E-state index in [0.717, 1.165) is 37.1 Å². The number of aliphatic imine (C=N–C) groups is 1. The molecule has 1 aliphatic heterocycles. The van der Waals surface area contributed by atoms with Crippen LogP contribution >= 0.6 is 0 Å². The van der Waals surface area contributed by atoms with Gasteiger partial charge in [0, 0.05) is 37.4 Å². The molecule has 0 radical (unpaired) electrons. The zero-order valence-electron chi connectivity index (χ0n) is 22.5. The first-order valence-corrected chi connectivity index (χ1v) is 14.8. The van der Waals surface area contributed by atoms with Crippen molar-refractivity contribution in [2.24, 2.45) is 4.99 Å². The van der Waals surface area contributed by atoms with Gasteiger partial charge < -0.3 is 19.1 Å². The minimum atomic E-state index is -3.42. The number of methoxy groups -OCH3 is 1. The molecule has 0 saturated heterocycles. The van der Waals surface area contributed by atoms with Crippen LogP contribution in [0.25, 0.3) is 0 Å². The minimum Gasteiger partial charge on any atom is -0.358 e. The van der Waals surface area contributed by atoms with Gasteiger partial charge in [-0.2, -0.15) is 0 Å². The number of hydrogen-bond donors (Lipinski definition) is 1. The second-order valence-corrected chi connectivity index (χ2v) is 12.3. The number of benzene rings is 2. The lowest BCUT2D eigenvalue weighted by molar-refractivity contribution is -0.277. The Morgan fingerprint density at radius 2 is 1.63 bits per heavy atom. The van der Waals surface area contributed by atoms with Crippen molar-refractivity contribution in [3.63, 3.8) is 0 Å². The maximum Gasteiger partial charge on any atom is 0.226 e. The van der Waals surface area contributed by atoms with E-state index < -0.39 is 26.7 Å². The van der Waals surface area contributed by atoms with Crippen molar-refractivity contribution in [1.29, 1.82) is 0 Å². The molecule has 0 amide bonds. The van der Waals surface area contributed by atoms with Gasteiger partial charge in [0.05, 0.1) is 24.5 Å². The summed E-state index contributed by atoms with van der Waals surface area (Å²) in [6.45, 7) is 3.84. The number of para-hydroxylation sites is 2. The van der Waals surface area contributed by atoms with E-state index in [1.807, 2.05) is 36.4 Å². The van der Waals surface area contributed by atoms with E-state index in [1.54, 1.807) is 39.4 Å². The standard InChI is InChI=1S/C29H39N3O5S/c1-24(2)38(33,34)31-20-21-36-29(35-3)18-19-30-22-28(29,37-27-16-10-11-17-27)23-32(25-12-6-4-7-13-25)26-14-8-5-9-15-26/h4-9,12-15,18-19,22,24,27,31H,10-11,16-17,20-21,23H2,1-3H3. The van der Waals surface area contributed by atoms with Crippen LogP contribution in [0, 0.1) is 0 Å². The molecule has 2 atom stereocenters. The summed E-state index contributed by atoms with van der Waals surface area (Å²) < 4.78 is 46.6. The van der Waals surface area contributed by atoms with Crippen LogP contribution in [0.3, 0.4) is 0 Å². The van der Waals surface area contributed by atoms with E-state index in [1.165, 1.54) is 0 Å². The van der Waals surface area contributed by atoms with Crippen LogP contribution in [0.5, 0.6) is 0 Å². The second-order valence-electron chi connectivity index (χ2n) is 9.97. The zero-order valence-corrected chi connectivity index (χ0v) is 23.3. The smallest absolute Gasteiger partial charge is 0.226 e. The molecule has 1 N–H and O–H groups in total. The molecular weight excluding hydrogens is 502 g/mol. The van der Waals surface area contributed by atoms with Crippen LogP contribution in [0.2, 0.25) is 0 Å². The summed E-state index contributed by atoms with van der Waals surface area (Å²) in [7, 11) is -1.83. The molecule has 2 aromatic rings. The highest BCUT2D eigenvalue weighted by molar-refractivity contribution is 7.90. The summed E-state index contributed by atoms with van der Waals surface area (Å²) in [4.78, 5) is 6.70. The highest BCUT2D eigenvalue weighted by atomic mass is 32.2. The number of rotatable bonds is 13. The SMILES string of the molecule is COC1(OCCNS(=O)(=O)C(C)C)C=CN=CC1(CN(c1ccccc1)c1ccccc1)OC1CCCC1. The molecule has 2 aliphatic rings. The molecule has 1 aliphatic carbocycles. The zero-order chi connectivity index (χ0) is 27.1. The van der Waals surface area contributed by atoms with Crippen molar-refractivity contribution in [2.75, 3.05) is 31.7 Å². The van der Waals surface area contributed by atoms with E-state index >= 15 is 0 Å². The van der Waals surface area contributed by atoms with Crippen molar-refractivity contribution in [2.45, 2.75) is 62.3 Å². The normalized spacial score (nSPS) is 23.8. The maximum absolute atomic E-state index is 12.3. The fraction of sp³-hybridized carbons (Fsp3) is 0.483. The monoisotopic (exact) mass is 541 g/mol. The first-order valence-electron chi connectivity index (χ1n) is 13.3. The van der Waals surface area contributed by atoms with Gasteiger partial charge in [0.1, 0.15) is 0 Å². The van der Waals surface area contributed by atoms with Gasteiger partial charge in [0.15, 0.2) is 5.60 Å². The number of ether oxygens (including phenoxy) is 3. The molecule has 2 unspecified atom stereocenters. The lowest BCUT2D eigenvalue weighted by atomic mass is 9.89. The largest absolute Gasteiger partial charge is 0.358 e. The Balaban J connectivity index is 1.70. The average Bonchev–Trinajstić information content (AvgIpc) is 3.44. The number of hydrogen-bond acceptors (Lipinski definition) is 7. The Labute approximate surface area is 226 Å². The Hall–Kier alpha value is -2.56. The molecule has 0 spiro atoms. The van der Waals surface area contributed by atoms with Gasteiger partial charge in [0.25, 0.3) is 0 Å². The average molecular weight is 542 g/mol. The summed E-state index contributed by atoms with van der Waals surface area (Å²) in [5.41, 5.74) is 0.866. The number of sulfonamides is 1. The van der Waals surface area contributed by atoms with E-state index in [2.05, 4.69) is 38.9 Å². The molecular formula is C29H39N3O5S. The Morgan fingerprint density at radius 1 is 1.03 bits per heavy atom. The fourth-order valence-electron chi connectivity index (χ4n) is 4.95. The Kier molecular flexibility index (Phi) is 9.38. The van der Waals surface area contributed by atoms with Gasteiger partial charge in [-0.1, -0.05) is 49.2 Å². The lowest BCUT2D eigenvalue weighted by Crippen LogP contribution is -2.65. The molecule has 1 fully saturated rings. The lowest BCUT2D eigenvalue weighted by Gasteiger charge is -2.49. The fourth-order valence-corrected chi connectivity index (χ4v) is 5.65. The quantitative estimate of drug-likeness (QED) is 0.289. The van der Waals surface area contributed by atoms with Gasteiger partial charge in [-0.3, -0.25) is 4.99 Å². The van der Waals surface area contributed by atoms with Crippen LogP contribution in [-0.2, 0) is 24.2 Å². The molecule has 4 rings (SSSR count). The molecule has 38 heavy (non-hydrogen) atoms. The first kappa shape index (κ1) is 28.4. The van der Waals surface area contributed by atoms with Gasteiger partial charge in [-0.05, 0) is 57.0 Å². The molecule has 1 heterocycles. The van der Waals surface area contributed by atoms with Gasteiger partial charge in [-0.25, -0.2) is 13.1 Å². The summed E-state index contributed by atoms with van der Waals surface area (Å²) in [5, 5.41) is -0.532. The number of nitrogens with one attached hydrogen (secondary N) is 1. The third-order valence-electron chi connectivity index (χ3n) is 7.11. The predicted octanol–water partition coefficient (Wildman–Crippen LogP) is 4.81. The summed E-state index contributed by atoms with van der Waals surface area (Å²) >= 11 is 0. The highest BCUT2D eigenvalue weighted by Gasteiger charge is 2.56. The van der Waals surface area contributed by atoms with Crippen LogP contribution < -0.4 is 9.62 Å². The maximum atomic E-state index is 12.3. The highest BCUT2D eigenvalue weighted by Crippen LogP contribution is 2.40. The van der Waals surface area contributed by atoms with E-state index in [-0.39, 0.29) is 19.3 Å². The third-order valence-corrected chi connectivity index (χ3v) is 8.95. The van der Waals surface area contributed by atoms with Gasteiger partial charge in [-0.15, -0.1) is 0 Å². The first-order chi connectivity index (χ1) is 18.3. The molecule has 2 aromatic carbocycles. The van der Waals surface area contributed by atoms with E-state index in [4.69, 9.17) is 14.2 Å². The van der Waals surface area contributed by atoms with Crippen LogP contribution in [0.15, 0.2) is 77.9 Å². The van der Waals surface area contributed by atoms with E-state index in [9.17, 15) is 8.42 Å². The topological polar surface area (TPSA) is 89.5 Å². The molecule has 9 heteroatoms. The molecule has 206 valence electrons. The molecule has 0 aromatic heterocycles. The molecule has 1 saturated carbocycles. The van der Waals surface area contributed by atoms with Gasteiger partial charge >= 0.3 is 0 Å². The summed E-state index contributed by atoms with van der Waals surface area (Å²) in [6.07, 6.45) is 9.33. The molecule has 0 bridgehead atoms. The van der Waals surface area contributed by atoms with Crippen LogP contribution in [-0.4, -0.2) is 64.2 Å². The third kappa shape index (κ3) is 6.35. The number of nitrogens with zero attached hydrogens (tertiary/aromatic N) is 2. The van der Waals surface area contributed by atoms with Crippen molar-refractivity contribution in [1.82, 2.24) is 4.72 Å². The minimum absolute atomic E-state index is 0.0268. The van der Waals surface area contributed by atoms with Crippen LogP contribution in [0.4, 0.5) is 11.4 Å². The van der Waals surface area contributed by atoms with E-state index in [0.29, 0.717) is 6.54 Å². The Morgan fingerprint density at radius 3 is 2.18 bits per heavy atom. The predicted molar refractivity (Wildman–Crippen MR) is 151 cm³/mol. The van der Waals surface area contributed by atoms with Crippen molar-refractivity contribution < 1.29 is 22.6 Å². The molecule has 8 nitrogen and oxygen atoms in total. The second kappa shape index (κ2) is 12.5. The number of anilines is 2. The van der Waals surface area contributed by atoms with Crippen molar-refractivity contribution in [3.8, 4) is 0 Å². The van der Waals surface area contributed by atoms with Crippen molar-refractivity contribution in [3.05, 3.63) is 72.9 Å². The Bertz CT molecular complexity index is 1140. The summed E-state index contributed by atoms with van der Waals surface area (Å²) in [5.74, 6) is -1.33. The van der Waals surface area contributed by atoms with Gasteiger partial charge in [0.2, 0.25) is 15.8 Å². The summed E-state index contributed by atoms with van der Waals surface area (Å²) in [6, 6.07) is 20.2. The van der Waals surface area contributed by atoms with Crippen molar-refractivity contribution >= 4 is 27.6 Å².